The summed E-state index contributed by atoms with van der Waals surface area (Å²) in [6.45, 7) is 6.30. The van der Waals surface area contributed by atoms with Gasteiger partial charge in [0.15, 0.2) is 11.6 Å². The van der Waals surface area contributed by atoms with Gasteiger partial charge in [0.25, 0.3) is 0 Å². The predicted octanol–water partition coefficient (Wildman–Crippen LogP) is 6.04. The third kappa shape index (κ3) is 7.20. The fourth-order valence-corrected chi connectivity index (χ4v) is 6.58. The number of carbonyl (C=O) groups excluding carboxylic acids is 3. The molecule has 2 atom stereocenters. The SMILES string of the molecule is CCC(=O)[C@@H]1[C@H]2CCN1C(=O)Cn1nc(C(C)=O)c3cc(-c4cnc(C)cn4)cc(c31)CCCCCCCCCCCO2. The number of ether oxygens (including phenoxy) is 1. The number of benzene rings is 1. The van der Waals surface area contributed by atoms with E-state index >= 15 is 0 Å². The van der Waals surface area contributed by atoms with Crippen molar-refractivity contribution in [2.24, 2.45) is 0 Å². The van der Waals surface area contributed by atoms with Crippen molar-refractivity contribution in [1.29, 1.82) is 0 Å². The maximum atomic E-state index is 13.9. The number of Topliss-reactive ketones (excluding diaryl/α,β-unsaturated/α-hetero) is 2. The summed E-state index contributed by atoms with van der Waals surface area (Å²) in [5, 5.41) is 5.44. The number of hydrogen-bond acceptors (Lipinski definition) is 7. The van der Waals surface area contributed by atoms with E-state index < -0.39 is 6.04 Å². The van der Waals surface area contributed by atoms with Gasteiger partial charge in [-0.1, -0.05) is 51.9 Å². The first-order valence-corrected chi connectivity index (χ1v) is 16.1. The van der Waals surface area contributed by atoms with Crippen molar-refractivity contribution in [3.05, 3.63) is 41.5 Å². The van der Waals surface area contributed by atoms with Crippen molar-refractivity contribution < 1.29 is 19.1 Å². The van der Waals surface area contributed by atoms with Gasteiger partial charge in [-0.25, -0.2) is 0 Å². The van der Waals surface area contributed by atoms with Crippen molar-refractivity contribution in [2.75, 3.05) is 13.2 Å². The number of aryl methyl sites for hydroxylation is 2. The second kappa shape index (κ2) is 14.3. The molecule has 2 aliphatic heterocycles. The van der Waals surface area contributed by atoms with E-state index in [0.717, 1.165) is 65.5 Å². The maximum absolute atomic E-state index is 13.9. The van der Waals surface area contributed by atoms with E-state index in [2.05, 4.69) is 16.0 Å². The molecule has 2 bridgehead atoms. The topological polar surface area (TPSA) is 107 Å². The van der Waals surface area contributed by atoms with Crippen LogP contribution >= 0.6 is 0 Å². The first-order valence-electron chi connectivity index (χ1n) is 16.1. The number of hydrogen-bond donors (Lipinski definition) is 0. The van der Waals surface area contributed by atoms with E-state index in [1.807, 2.05) is 19.9 Å². The van der Waals surface area contributed by atoms with Crippen LogP contribution in [0.4, 0.5) is 0 Å². The number of ketones is 2. The van der Waals surface area contributed by atoms with Gasteiger partial charge in [-0.3, -0.25) is 29.0 Å². The van der Waals surface area contributed by atoms with Gasteiger partial charge in [-0.2, -0.15) is 5.10 Å². The molecular formula is C34H45N5O4. The highest BCUT2D eigenvalue weighted by Gasteiger charge is 2.41. The van der Waals surface area contributed by atoms with Crippen molar-refractivity contribution in [1.82, 2.24) is 24.6 Å². The van der Waals surface area contributed by atoms with Gasteiger partial charge in [-0.15, -0.1) is 0 Å². The molecule has 0 spiro atoms. The molecule has 9 nitrogen and oxygen atoms in total. The highest BCUT2D eigenvalue weighted by atomic mass is 16.5. The zero-order valence-electron chi connectivity index (χ0n) is 25.9. The number of carbonyl (C=O) groups is 3. The van der Waals surface area contributed by atoms with Crippen molar-refractivity contribution in [3.8, 4) is 11.3 Å². The lowest BCUT2D eigenvalue weighted by atomic mass is 9.97. The molecular weight excluding hydrogens is 542 g/mol. The molecule has 1 amide bonds. The summed E-state index contributed by atoms with van der Waals surface area (Å²) >= 11 is 0. The molecule has 9 heteroatoms. The summed E-state index contributed by atoms with van der Waals surface area (Å²) in [6.07, 6.45) is 15.3. The van der Waals surface area contributed by atoms with E-state index in [-0.39, 0.29) is 30.1 Å². The van der Waals surface area contributed by atoms with Crippen LogP contribution in [0.5, 0.6) is 0 Å². The van der Waals surface area contributed by atoms with Crippen LogP contribution in [0.25, 0.3) is 22.2 Å². The molecule has 5 rings (SSSR count). The number of rotatable bonds is 4. The Bertz CT molecular complexity index is 1450. The second-order valence-electron chi connectivity index (χ2n) is 12.1. The third-order valence-electron chi connectivity index (χ3n) is 8.88. The minimum absolute atomic E-state index is 0.0253. The molecule has 43 heavy (non-hydrogen) atoms. The molecule has 1 fully saturated rings. The second-order valence-corrected chi connectivity index (χ2v) is 12.1. The van der Waals surface area contributed by atoms with Gasteiger partial charge < -0.3 is 9.64 Å². The Labute approximate surface area is 254 Å². The minimum atomic E-state index is -0.580. The average molecular weight is 588 g/mol. The van der Waals surface area contributed by atoms with Crippen LogP contribution in [-0.4, -0.2) is 67.4 Å². The smallest absolute Gasteiger partial charge is 0.245 e. The zero-order valence-corrected chi connectivity index (χ0v) is 25.9. The minimum Gasteiger partial charge on any atom is -0.376 e. The van der Waals surface area contributed by atoms with Gasteiger partial charge in [0.1, 0.15) is 18.3 Å². The van der Waals surface area contributed by atoms with Crippen molar-refractivity contribution in [3.63, 3.8) is 0 Å². The predicted molar refractivity (Wildman–Crippen MR) is 166 cm³/mol. The Balaban J connectivity index is 1.55. The molecule has 0 radical (unpaired) electrons. The fraction of sp³-hybridized carbons (Fsp3) is 0.588. The van der Waals surface area contributed by atoms with E-state index in [9.17, 15) is 14.4 Å². The zero-order chi connectivity index (χ0) is 30.3. The monoisotopic (exact) mass is 587 g/mol. The summed E-state index contributed by atoms with van der Waals surface area (Å²) in [7, 11) is 0. The van der Waals surface area contributed by atoms with Gasteiger partial charge in [0, 0.05) is 43.6 Å². The third-order valence-corrected chi connectivity index (χ3v) is 8.88. The van der Waals surface area contributed by atoms with Gasteiger partial charge in [0.05, 0.1) is 29.2 Å². The summed E-state index contributed by atoms with van der Waals surface area (Å²) in [5.41, 5.74) is 4.64. The van der Waals surface area contributed by atoms with Crippen LogP contribution in [0.1, 0.15) is 106 Å². The highest BCUT2D eigenvalue weighted by molar-refractivity contribution is 6.07. The Morgan fingerprint density at radius 1 is 0.977 bits per heavy atom. The fourth-order valence-electron chi connectivity index (χ4n) is 6.58. The molecule has 0 aliphatic carbocycles. The van der Waals surface area contributed by atoms with E-state index in [1.165, 1.54) is 39.0 Å². The maximum Gasteiger partial charge on any atom is 0.245 e. The lowest BCUT2D eigenvalue weighted by molar-refractivity contribution is -0.141. The summed E-state index contributed by atoms with van der Waals surface area (Å²) in [4.78, 5) is 50.5. The quantitative estimate of drug-likeness (QED) is 0.343. The van der Waals surface area contributed by atoms with Crippen LogP contribution < -0.4 is 0 Å². The first-order chi connectivity index (χ1) is 20.9. The van der Waals surface area contributed by atoms with E-state index in [0.29, 0.717) is 31.7 Å². The first kappa shape index (κ1) is 31.0. The molecule has 230 valence electrons. The summed E-state index contributed by atoms with van der Waals surface area (Å²) in [6, 6.07) is 3.48. The molecule has 0 saturated carbocycles. The molecule has 2 aromatic heterocycles. The van der Waals surface area contributed by atoms with Gasteiger partial charge in [0.2, 0.25) is 5.91 Å². The molecule has 1 aromatic carbocycles. The van der Waals surface area contributed by atoms with Crippen LogP contribution in [0.15, 0.2) is 24.5 Å². The Morgan fingerprint density at radius 2 is 1.70 bits per heavy atom. The Hall–Kier alpha value is -3.46. The standard InChI is InChI=1S/C34H45N5O4/c1-4-29(41)34-30-15-16-38(34)31(42)22-39-33-25(14-12-10-8-6-5-7-9-11-13-17-43-30)18-26(28-21-35-23(2)20-36-28)19-27(33)32(37-39)24(3)40/h18-21,30,34H,4-17,22H2,1-3H3/t30-,34-/m1/s1. The van der Waals surface area contributed by atoms with Crippen LogP contribution in [0, 0.1) is 6.92 Å². The van der Waals surface area contributed by atoms with Crippen molar-refractivity contribution >= 4 is 28.4 Å². The molecule has 0 unspecified atom stereocenters. The lowest BCUT2D eigenvalue weighted by Gasteiger charge is -2.27. The average Bonchev–Trinajstić information content (AvgIpc) is 3.59. The molecule has 1 saturated heterocycles. The summed E-state index contributed by atoms with van der Waals surface area (Å²) < 4.78 is 7.91. The Kier molecular flexibility index (Phi) is 10.3. The number of fused-ring (bicyclic) bond motifs is 2. The molecule has 2 aliphatic rings. The van der Waals surface area contributed by atoms with E-state index in [4.69, 9.17) is 9.84 Å². The van der Waals surface area contributed by atoms with Crippen molar-refractivity contribution in [2.45, 2.75) is 117 Å². The van der Waals surface area contributed by atoms with Crippen LogP contribution in [0.3, 0.4) is 0 Å². The normalized spacial score (nSPS) is 21.2. The number of amides is 1. The summed E-state index contributed by atoms with van der Waals surface area (Å²) in [5.74, 6) is -0.308. The largest absolute Gasteiger partial charge is 0.376 e. The Morgan fingerprint density at radius 3 is 2.37 bits per heavy atom. The van der Waals surface area contributed by atoms with Gasteiger partial charge in [-0.05, 0) is 50.3 Å². The number of nitrogens with zero attached hydrogens (tertiary/aromatic N) is 5. The van der Waals surface area contributed by atoms with Gasteiger partial charge >= 0.3 is 0 Å². The molecule has 0 N–H and O–H groups in total. The van der Waals surface area contributed by atoms with Crippen LogP contribution in [-0.2, 0) is 27.3 Å². The van der Waals surface area contributed by atoms with E-state index in [1.54, 1.807) is 22.0 Å². The van der Waals surface area contributed by atoms with Crippen LogP contribution in [0.2, 0.25) is 0 Å². The lowest BCUT2D eigenvalue weighted by Crippen LogP contribution is -2.47. The highest BCUT2D eigenvalue weighted by Crippen LogP contribution is 2.32. The number of aromatic nitrogens is 4. The molecule has 4 heterocycles. The molecule has 3 aromatic rings.